The zero-order chi connectivity index (χ0) is 10.5. The zero-order valence-electron chi connectivity index (χ0n) is 9.87. The van der Waals surface area contributed by atoms with E-state index in [-0.39, 0.29) is 0 Å². The van der Waals surface area contributed by atoms with Crippen molar-refractivity contribution in [2.45, 2.75) is 26.2 Å². The van der Waals surface area contributed by atoms with Crippen molar-refractivity contribution in [2.75, 3.05) is 45.9 Å². The van der Waals surface area contributed by atoms with Crippen LogP contribution in [0.25, 0.3) is 0 Å². The van der Waals surface area contributed by atoms with Crippen molar-refractivity contribution in [1.29, 1.82) is 0 Å². The van der Waals surface area contributed by atoms with Crippen LogP contribution in [0.1, 0.15) is 26.2 Å². The maximum absolute atomic E-state index is 5.40. The van der Waals surface area contributed by atoms with Gasteiger partial charge in [-0.15, -0.1) is 0 Å². The van der Waals surface area contributed by atoms with Crippen LogP contribution < -0.4 is 0 Å². The van der Waals surface area contributed by atoms with Crippen molar-refractivity contribution >= 4 is 0 Å². The molecule has 87 valence electrons. The highest BCUT2D eigenvalue weighted by molar-refractivity contribution is 4.93. The largest absolute Gasteiger partial charge is 0.379 e. The maximum atomic E-state index is 5.40. The van der Waals surface area contributed by atoms with Crippen molar-refractivity contribution < 1.29 is 4.74 Å². The van der Waals surface area contributed by atoms with E-state index >= 15 is 0 Å². The Balaban J connectivity index is 1.79. The topological polar surface area (TPSA) is 15.7 Å². The summed E-state index contributed by atoms with van der Waals surface area (Å²) in [5.74, 6) is 0. The molecule has 0 aromatic rings. The summed E-state index contributed by atoms with van der Waals surface area (Å²) in [5.41, 5.74) is 0. The minimum absolute atomic E-state index is 0.906. The summed E-state index contributed by atoms with van der Waals surface area (Å²) in [4.78, 5) is 5.12. The van der Waals surface area contributed by atoms with E-state index in [1.54, 1.807) is 6.04 Å². The molecular weight excluding hydrogens is 188 g/mol. The maximum Gasteiger partial charge on any atom is 0.0594 e. The monoisotopic (exact) mass is 211 g/mol. The standard InChI is InChI=1S/C12H23N2O/c1-2-12(11-13-5-3-4-6-13)14-7-9-15-10-8-14/h2-11H2,1H3. The SMILES string of the molecule is CC[C](CN1CCCC1)N1CCOCC1. The molecule has 0 N–H and O–H groups in total. The molecule has 0 unspecified atom stereocenters. The first-order chi connectivity index (χ1) is 7.40. The lowest BCUT2D eigenvalue weighted by atomic mass is 10.1. The van der Waals surface area contributed by atoms with E-state index in [4.69, 9.17) is 4.74 Å². The van der Waals surface area contributed by atoms with Crippen LogP contribution in [-0.4, -0.2) is 55.7 Å². The highest BCUT2D eigenvalue weighted by Gasteiger charge is 2.23. The van der Waals surface area contributed by atoms with Crippen LogP contribution in [0.3, 0.4) is 0 Å². The van der Waals surface area contributed by atoms with Crippen LogP contribution >= 0.6 is 0 Å². The second-order valence-corrected chi connectivity index (χ2v) is 4.50. The van der Waals surface area contributed by atoms with Gasteiger partial charge in [0.1, 0.15) is 0 Å². The van der Waals surface area contributed by atoms with E-state index in [1.807, 2.05) is 0 Å². The smallest absolute Gasteiger partial charge is 0.0594 e. The molecule has 0 aromatic heterocycles. The first-order valence-corrected chi connectivity index (χ1v) is 6.30. The fraction of sp³-hybridized carbons (Fsp3) is 0.917. The summed E-state index contributed by atoms with van der Waals surface area (Å²) in [5, 5.41) is 0. The van der Waals surface area contributed by atoms with Gasteiger partial charge in [0.2, 0.25) is 0 Å². The number of nitrogens with zero attached hydrogens (tertiary/aromatic N) is 2. The summed E-state index contributed by atoms with van der Waals surface area (Å²) in [6, 6.07) is 1.61. The van der Waals surface area contributed by atoms with Gasteiger partial charge in [0.05, 0.1) is 19.3 Å². The summed E-state index contributed by atoms with van der Waals surface area (Å²) in [6.45, 7) is 10.1. The molecule has 0 bridgehead atoms. The average Bonchev–Trinajstić information content (AvgIpc) is 2.80. The van der Waals surface area contributed by atoms with E-state index in [0.717, 1.165) is 26.3 Å². The van der Waals surface area contributed by atoms with Gasteiger partial charge in [0, 0.05) is 19.6 Å². The molecule has 0 aromatic carbocycles. The minimum Gasteiger partial charge on any atom is -0.379 e. The number of morpholine rings is 1. The van der Waals surface area contributed by atoms with Crippen LogP contribution in [0.15, 0.2) is 0 Å². The molecule has 0 aliphatic carbocycles. The molecule has 1 radical (unpaired) electrons. The molecule has 0 saturated carbocycles. The fourth-order valence-electron chi connectivity index (χ4n) is 2.51. The van der Waals surface area contributed by atoms with Crippen LogP contribution in [0.2, 0.25) is 0 Å². The normalized spacial score (nSPS) is 25.2. The Labute approximate surface area is 93.4 Å². The van der Waals surface area contributed by atoms with E-state index in [2.05, 4.69) is 16.7 Å². The Kier molecular flexibility index (Phi) is 4.42. The Morgan fingerprint density at radius 1 is 1.07 bits per heavy atom. The molecular formula is C12H23N2O. The summed E-state index contributed by atoms with van der Waals surface area (Å²) in [6.07, 6.45) is 3.97. The van der Waals surface area contributed by atoms with Crippen LogP contribution in [-0.2, 0) is 4.74 Å². The Hall–Kier alpha value is -0.120. The van der Waals surface area contributed by atoms with Crippen molar-refractivity contribution in [1.82, 2.24) is 9.80 Å². The first kappa shape index (κ1) is 11.4. The number of hydrogen-bond donors (Lipinski definition) is 0. The number of likely N-dealkylation sites (tertiary alicyclic amines) is 1. The third-order valence-corrected chi connectivity index (χ3v) is 3.47. The molecule has 15 heavy (non-hydrogen) atoms. The molecule has 0 amide bonds. The second-order valence-electron chi connectivity index (χ2n) is 4.50. The van der Waals surface area contributed by atoms with E-state index < -0.39 is 0 Å². The fourth-order valence-corrected chi connectivity index (χ4v) is 2.51. The Morgan fingerprint density at radius 3 is 2.33 bits per heavy atom. The highest BCUT2D eigenvalue weighted by atomic mass is 16.5. The molecule has 2 aliphatic rings. The van der Waals surface area contributed by atoms with E-state index in [1.165, 1.54) is 38.9 Å². The van der Waals surface area contributed by atoms with Crippen LogP contribution in [0, 0.1) is 6.04 Å². The Morgan fingerprint density at radius 2 is 1.73 bits per heavy atom. The molecule has 2 heterocycles. The number of ether oxygens (including phenoxy) is 1. The molecule has 0 spiro atoms. The predicted molar refractivity (Wildman–Crippen MR) is 61.6 cm³/mol. The summed E-state index contributed by atoms with van der Waals surface area (Å²) >= 11 is 0. The molecule has 2 saturated heterocycles. The Bertz CT molecular complexity index is 174. The summed E-state index contributed by atoms with van der Waals surface area (Å²) in [7, 11) is 0. The van der Waals surface area contributed by atoms with Crippen LogP contribution in [0.5, 0.6) is 0 Å². The van der Waals surface area contributed by atoms with Gasteiger partial charge in [-0.2, -0.15) is 0 Å². The minimum atomic E-state index is 0.906. The van der Waals surface area contributed by atoms with Gasteiger partial charge in [0.25, 0.3) is 0 Å². The zero-order valence-corrected chi connectivity index (χ0v) is 9.87. The third kappa shape index (κ3) is 3.16. The van der Waals surface area contributed by atoms with Crippen LogP contribution in [0.4, 0.5) is 0 Å². The first-order valence-electron chi connectivity index (χ1n) is 6.30. The van der Waals surface area contributed by atoms with Gasteiger partial charge in [-0.3, -0.25) is 4.90 Å². The molecule has 3 nitrogen and oxygen atoms in total. The van der Waals surface area contributed by atoms with Crippen molar-refractivity contribution in [3.8, 4) is 0 Å². The second kappa shape index (κ2) is 5.83. The lowest BCUT2D eigenvalue weighted by Gasteiger charge is -2.35. The van der Waals surface area contributed by atoms with Gasteiger partial charge < -0.3 is 9.64 Å². The summed E-state index contributed by atoms with van der Waals surface area (Å²) < 4.78 is 5.40. The highest BCUT2D eigenvalue weighted by Crippen LogP contribution is 2.19. The van der Waals surface area contributed by atoms with Crippen molar-refractivity contribution in [3.63, 3.8) is 0 Å². The van der Waals surface area contributed by atoms with Gasteiger partial charge in [-0.1, -0.05) is 6.92 Å². The predicted octanol–water partition coefficient (Wildman–Crippen LogP) is 1.36. The molecule has 3 heteroatoms. The van der Waals surface area contributed by atoms with Crippen molar-refractivity contribution in [2.24, 2.45) is 0 Å². The average molecular weight is 211 g/mol. The molecule has 0 atom stereocenters. The molecule has 2 aliphatic heterocycles. The molecule has 2 rings (SSSR count). The van der Waals surface area contributed by atoms with E-state index in [9.17, 15) is 0 Å². The lowest BCUT2D eigenvalue weighted by molar-refractivity contribution is 0.0346. The third-order valence-electron chi connectivity index (χ3n) is 3.47. The van der Waals surface area contributed by atoms with Crippen molar-refractivity contribution in [3.05, 3.63) is 6.04 Å². The van der Waals surface area contributed by atoms with Gasteiger partial charge >= 0.3 is 0 Å². The lowest BCUT2D eigenvalue weighted by Crippen LogP contribution is -2.43. The molecule has 2 fully saturated rings. The number of hydrogen-bond acceptors (Lipinski definition) is 3. The van der Waals surface area contributed by atoms with Gasteiger partial charge in [-0.25, -0.2) is 0 Å². The van der Waals surface area contributed by atoms with Gasteiger partial charge in [-0.05, 0) is 32.4 Å². The quantitative estimate of drug-likeness (QED) is 0.698. The van der Waals surface area contributed by atoms with Gasteiger partial charge in [0.15, 0.2) is 0 Å². The number of rotatable bonds is 4. The van der Waals surface area contributed by atoms with E-state index in [0.29, 0.717) is 0 Å².